The van der Waals surface area contributed by atoms with Crippen LogP contribution in [-0.4, -0.2) is 44.6 Å². The van der Waals surface area contributed by atoms with Gasteiger partial charge in [0.15, 0.2) is 0 Å². The molecule has 0 saturated heterocycles. The lowest BCUT2D eigenvalue weighted by Gasteiger charge is -2.11. The van der Waals surface area contributed by atoms with Crippen LogP contribution in [0.25, 0.3) is 0 Å². The highest BCUT2D eigenvalue weighted by Crippen LogP contribution is 2.21. The van der Waals surface area contributed by atoms with Crippen LogP contribution in [0.3, 0.4) is 0 Å². The van der Waals surface area contributed by atoms with E-state index in [0.717, 1.165) is 12.1 Å². The second-order valence-electron chi connectivity index (χ2n) is 4.58. The van der Waals surface area contributed by atoms with Gasteiger partial charge in [-0.3, -0.25) is 0 Å². The molecule has 1 N–H and O–H groups in total. The number of methoxy groups -OCH3 is 1. The van der Waals surface area contributed by atoms with Crippen molar-refractivity contribution in [2.75, 3.05) is 33.5 Å². The van der Waals surface area contributed by atoms with Crippen LogP contribution in [0.5, 0.6) is 5.88 Å². The summed E-state index contributed by atoms with van der Waals surface area (Å²) in [6, 6.07) is 4.67. The van der Waals surface area contributed by atoms with Gasteiger partial charge in [0.1, 0.15) is 6.61 Å². The summed E-state index contributed by atoms with van der Waals surface area (Å²) in [5.41, 5.74) is 1.10. The SMILES string of the molecule is COCCOCCOc1ncccc1CNC1CC1. The van der Waals surface area contributed by atoms with Gasteiger partial charge in [-0.2, -0.15) is 0 Å². The van der Waals surface area contributed by atoms with Gasteiger partial charge in [-0.25, -0.2) is 4.98 Å². The second-order valence-corrected chi connectivity index (χ2v) is 4.58. The fraction of sp³-hybridized carbons (Fsp3) is 0.643. The molecule has 1 aromatic heterocycles. The van der Waals surface area contributed by atoms with Crippen molar-refractivity contribution in [3.8, 4) is 5.88 Å². The van der Waals surface area contributed by atoms with Gasteiger partial charge < -0.3 is 19.5 Å². The Morgan fingerprint density at radius 1 is 1.26 bits per heavy atom. The topological polar surface area (TPSA) is 52.6 Å². The van der Waals surface area contributed by atoms with E-state index in [-0.39, 0.29) is 0 Å². The normalized spacial score (nSPS) is 14.6. The minimum absolute atomic E-state index is 0.511. The molecule has 2 rings (SSSR count). The number of ether oxygens (including phenoxy) is 3. The maximum absolute atomic E-state index is 5.65. The van der Waals surface area contributed by atoms with Crippen LogP contribution in [0.4, 0.5) is 0 Å². The van der Waals surface area contributed by atoms with Gasteiger partial charge in [0, 0.05) is 31.5 Å². The molecular formula is C14H22N2O3. The quantitative estimate of drug-likeness (QED) is 0.648. The van der Waals surface area contributed by atoms with Crippen LogP contribution in [-0.2, 0) is 16.0 Å². The first-order valence-electron chi connectivity index (χ1n) is 6.77. The summed E-state index contributed by atoms with van der Waals surface area (Å²) in [5, 5.41) is 3.46. The van der Waals surface area contributed by atoms with Crippen molar-refractivity contribution >= 4 is 0 Å². The zero-order chi connectivity index (χ0) is 13.3. The molecular weight excluding hydrogens is 244 g/mol. The first-order valence-corrected chi connectivity index (χ1v) is 6.77. The molecule has 0 spiro atoms. The molecule has 0 bridgehead atoms. The number of pyridine rings is 1. The zero-order valence-corrected chi connectivity index (χ0v) is 11.4. The maximum atomic E-state index is 5.65. The number of aromatic nitrogens is 1. The zero-order valence-electron chi connectivity index (χ0n) is 11.4. The molecule has 1 aliphatic rings. The molecule has 1 fully saturated rings. The summed E-state index contributed by atoms with van der Waals surface area (Å²) in [6.45, 7) is 3.09. The average molecular weight is 266 g/mol. The summed E-state index contributed by atoms with van der Waals surface area (Å²) in [7, 11) is 1.66. The first kappa shape index (κ1) is 14.2. The summed E-state index contributed by atoms with van der Waals surface area (Å²) in [4.78, 5) is 4.27. The van der Waals surface area contributed by atoms with Crippen LogP contribution in [0.2, 0.25) is 0 Å². The monoisotopic (exact) mass is 266 g/mol. The molecule has 0 aliphatic heterocycles. The standard InChI is InChI=1S/C14H22N2O3/c1-17-7-8-18-9-10-19-14-12(3-2-6-15-14)11-16-13-4-5-13/h2-3,6,13,16H,4-5,7-11H2,1H3. The molecule has 1 aromatic rings. The van der Waals surface area contributed by atoms with E-state index in [1.54, 1.807) is 13.3 Å². The smallest absolute Gasteiger partial charge is 0.217 e. The lowest BCUT2D eigenvalue weighted by molar-refractivity contribution is 0.0535. The van der Waals surface area contributed by atoms with E-state index in [0.29, 0.717) is 38.3 Å². The molecule has 1 aliphatic carbocycles. The minimum Gasteiger partial charge on any atom is -0.475 e. The molecule has 5 heteroatoms. The van der Waals surface area contributed by atoms with Crippen LogP contribution in [0.15, 0.2) is 18.3 Å². The number of nitrogens with one attached hydrogen (secondary N) is 1. The average Bonchev–Trinajstić information content (AvgIpc) is 3.25. The lowest BCUT2D eigenvalue weighted by atomic mass is 10.2. The summed E-state index contributed by atoms with van der Waals surface area (Å²) in [5.74, 6) is 0.700. The largest absolute Gasteiger partial charge is 0.475 e. The Morgan fingerprint density at radius 3 is 2.89 bits per heavy atom. The fourth-order valence-electron chi connectivity index (χ4n) is 1.67. The Labute approximate surface area is 114 Å². The van der Waals surface area contributed by atoms with Crippen LogP contribution >= 0.6 is 0 Å². The molecule has 0 radical (unpaired) electrons. The van der Waals surface area contributed by atoms with E-state index in [1.807, 2.05) is 12.1 Å². The van der Waals surface area contributed by atoms with E-state index in [4.69, 9.17) is 14.2 Å². The van der Waals surface area contributed by atoms with Gasteiger partial charge in [0.25, 0.3) is 0 Å². The summed E-state index contributed by atoms with van der Waals surface area (Å²) in [6.07, 6.45) is 4.31. The van der Waals surface area contributed by atoms with E-state index in [1.165, 1.54) is 12.8 Å². The number of nitrogens with zero attached hydrogens (tertiary/aromatic N) is 1. The Hall–Kier alpha value is -1.17. The molecule has 106 valence electrons. The van der Waals surface area contributed by atoms with Gasteiger partial charge in [-0.05, 0) is 18.9 Å². The van der Waals surface area contributed by atoms with Crippen LogP contribution in [0.1, 0.15) is 18.4 Å². The van der Waals surface area contributed by atoms with Gasteiger partial charge in [0.2, 0.25) is 5.88 Å². The highest BCUT2D eigenvalue weighted by Gasteiger charge is 2.20. The molecule has 1 heterocycles. The molecule has 1 saturated carbocycles. The molecule has 0 amide bonds. The van der Waals surface area contributed by atoms with Gasteiger partial charge >= 0.3 is 0 Å². The second kappa shape index (κ2) is 8.09. The van der Waals surface area contributed by atoms with Gasteiger partial charge in [0.05, 0.1) is 19.8 Å². The number of rotatable bonds is 10. The molecule has 0 atom stereocenters. The third kappa shape index (κ3) is 5.55. The maximum Gasteiger partial charge on any atom is 0.217 e. The van der Waals surface area contributed by atoms with Crippen molar-refractivity contribution in [1.82, 2.24) is 10.3 Å². The Balaban J connectivity index is 1.68. The molecule has 0 aromatic carbocycles. The third-order valence-electron chi connectivity index (χ3n) is 2.91. The van der Waals surface area contributed by atoms with Crippen molar-refractivity contribution in [3.63, 3.8) is 0 Å². The van der Waals surface area contributed by atoms with Gasteiger partial charge in [-0.1, -0.05) is 6.07 Å². The van der Waals surface area contributed by atoms with E-state index in [2.05, 4.69) is 10.3 Å². The highest BCUT2D eigenvalue weighted by atomic mass is 16.5. The van der Waals surface area contributed by atoms with Crippen molar-refractivity contribution in [2.45, 2.75) is 25.4 Å². The third-order valence-corrected chi connectivity index (χ3v) is 2.91. The molecule has 5 nitrogen and oxygen atoms in total. The van der Waals surface area contributed by atoms with Crippen molar-refractivity contribution in [3.05, 3.63) is 23.9 Å². The predicted molar refractivity (Wildman–Crippen MR) is 72.3 cm³/mol. The van der Waals surface area contributed by atoms with Crippen LogP contribution in [0, 0.1) is 0 Å². The fourth-order valence-corrected chi connectivity index (χ4v) is 1.67. The van der Waals surface area contributed by atoms with Crippen molar-refractivity contribution in [1.29, 1.82) is 0 Å². The lowest BCUT2D eigenvalue weighted by Crippen LogP contribution is -2.17. The minimum atomic E-state index is 0.511. The Bertz CT molecular complexity index is 369. The number of hydrogen-bond donors (Lipinski definition) is 1. The van der Waals surface area contributed by atoms with E-state index < -0.39 is 0 Å². The van der Waals surface area contributed by atoms with Gasteiger partial charge in [-0.15, -0.1) is 0 Å². The van der Waals surface area contributed by atoms with Crippen LogP contribution < -0.4 is 10.1 Å². The summed E-state index contributed by atoms with van der Waals surface area (Å²) >= 11 is 0. The highest BCUT2D eigenvalue weighted by molar-refractivity contribution is 5.25. The molecule has 19 heavy (non-hydrogen) atoms. The van der Waals surface area contributed by atoms with E-state index in [9.17, 15) is 0 Å². The molecule has 0 unspecified atom stereocenters. The predicted octanol–water partition coefficient (Wildman–Crippen LogP) is 1.38. The number of hydrogen-bond acceptors (Lipinski definition) is 5. The van der Waals surface area contributed by atoms with Crippen molar-refractivity contribution < 1.29 is 14.2 Å². The Kier molecular flexibility index (Phi) is 6.07. The summed E-state index contributed by atoms with van der Waals surface area (Å²) < 4.78 is 15.9. The van der Waals surface area contributed by atoms with Crippen molar-refractivity contribution in [2.24, 2.45) is 0 Å². The first-order chi connectivity index (χ1) is 9.40. The Morgan fingerprint density at radius 2 is 2.11 bits per heavy atom. The van der Waals surface area contributed by atoms with E-state index >= 15 is 0 Å².